The number of imide groups is 1. The van der Waals surface area contributed by atoms with E-state index in [2.05, 4.69) is 10.3 Å². The highest BCUT2D eigenvalue weighted by Crippen LogP contribution is 2.34. The predicted octanol–water partition coefficient (Wildman–Crippen LogP) is 3.99. The minimum atomic E-state index is -4.18. The number of amidine groups is 1. The number of thiophene rings is 1. The molecule has 0 saturated carbocycles. The molecule has 1 aromatic heterocycles. The van der Waals surface area contributed by atoms with E-state index in [-0.39, 0.29) is 31.6 Å². The van der Waals surface area contributed by atoms with Crippen LogP contribution in [0.5, 0.6) is 0 Å². The summed E-state index contributed by atoms with van der Waals surface area (Å²) in [5, 5.41) is 2.46. The lowest BCUT2D eigenvalue weighted by atomic mass is 9.95. The van der Waals surface area contributed by atoms with Crippen LogP contribution in [0.25, 0.3) is 0 Å². The molecule has 5 rings (SSSR count). The molecule has 14 heteroatoms. The van der Waals surface area contributed by atoms with Gasteiger partial charge in [0.25, 0.3) is 15.9 Å². The smallest absolute Gasteiger partial charge is 0.333 e. The van der Waals surface area contributed by atoms with Gasteiger partial charge in [0, 0.05) is 30.4 Å². The zero-order chi connectivity index (χ0) is 27.2. The summed E-state index contributed by atoms with van der Waals surface area (Å²) in [7, 11) is -2.24. The lowest BCUT2D eigenvalue weighted by Gasteiger charge is -2.27. The molecule has 4 amide bonds. The van der Waals surface area contributed by atoms with E-state index in [1.54, 1.807) is 6.07 Å². The number of rotatable bonds is 5. The monoisotopic (exact) mass is 591 g/mol. The van der Waals surface area contributed by atoms with E-state index in [9.17, 15) is 22.8 Å². The third-order valence-corrected chi connectivity index (χ3v) is 9.61. The van der Waals surface area contributed by atoms with Crippen LogP contribution >= 0.6 is 34.5 Å². The number of nitrogens with zero attached hydrogens (tertiary/aromatic N) is 3. The topological polar surface area (TPSA) is 128 Å². The van der Waals surface area contributed by atoms with Crippen molar-refractivity contribution in [1.82, 2.24) is 9.62 Å². The third kappa shape index (κ3) is 4.99. The van der Waals surface area contributed by atoms with Crippen LogP contribution in [0.3, 0.4) is 0 Å². The van der Waals surface area contributed by atoms with E-state index in [1.165, 1.54) is 24.3 Å². The summed E-state index contributed by atoms with van der Waals surface area (Å²) in [4.78, 5) is 46.0. The zero-order valence-electron chi connectivity index (χ0n) is 19.7. The summed E-state index contributed by atoms with van der Waals surface area (Å²) >= 11 is 12.3. The van der Waals surface area contributed by atoms with Crippen LogP contribution in [0.2, 0.25) is 9.36 Å². The number of carbonyl (C=O) groups is 3. The van der Waals surface area contributed by atoms with E-state index >= 15 is 0 Å². The number of hydrogen-bond donors (Lipinski definition) is 2. The minimum Gasteiger partial charge on any atom is -0.358 e. The number of carbonyl (C=O) groups excluding carboxylic acids is 3. The van der Waals surface area contributed by atoms with Crippen molar-refractivity contribution in [3.05, 3.63) is 74.6 Å². The van der Waals surface area contributed by atoms with E-state index < -0.39 is 22.0 Å². The van der Waals surface area contributed by atoms with Crippen LogP contribution in [0.1, 0.15) is 21.5 Å². The van der Waals surface area contributed by atoms with Gasteiger partial charge in [-0.1, -0.05) is 29.3 Å². The Morgan fingerprint density at radius 1 is 1.08 bits per heavy atom. The number of fused-ring (bicyclic) bond motifs is 1. The average Bonchev–Trinajstić information content (AvgIpc) is 3.44. The Kier molecular flexibility index (Phi) is 6.90. The second-order valence-electron chi connectivity index (χ2n) is 8.50. The highest BCUT2D eigenvalue weighted by molar-refractivity contribution is 7.92. The number of amides is 4. The minimum absolute atomic E-state index is 0.0446. The number of aliphatic imine (C=N–C) groups is 1. The summed E-state index contributed by atoms with van der Waals surface area (Å²) in [5.41, 5.74) is 2.48. The molecule has 3 aromatic rings. The van der Waals surface area contributed by atoms with Crippen LogP contribution in [-0.4, -0.2) is 57.1 Å². The Morgan fingerprint density at radius 3 is 2.45 bits per heavy atom. The second-order valence-corrected chi connectivity index (χ2v) is 12.5. The standard InChI is InChI=1S/C24H19Cl2N5O5S2/c1-30-9-8-27-22(30)13-2-7-17-14(10-13)11-19(32)31(23(17)33)16-5-3-15(4-6-16)28-24(34)29-38(35,36)20-12-18(25)21(26)37-20/h2-7,10,12H,8-9,11H2,1H3,(H2,28,29,34). The first-order valence-corrected chi connectivity index (χ1v) is 14.2. The van der Waals surface area contributed by atoms with Gasteiger partial charge >= 0.3 is 6.03 Å². The fourth-order valence-corrected chi connectivity index (χ4v) is 6.94. The van der Waals surface area contributed by atoms with Gasteiger partial charge in [-0.25, -0.2) is 22.8 Å². The molecular weight excluding hydrogens is 573 g/mol. The molecule has 0 saturated heterocycles. The van der Waals surface area contributed by atoms with Crippen molar-refractivity contribution < 1.29 is 22.8 Å². The Bertz CT molecular complexity index is 1600. The van der Waals surface area contributed by atoms with Gasteiger partial charge in [-0.15, -0.1) is 11.3 Å². The number of halogens is 2. The van der Waals surface area contributed by atoms with Crippen molar-refractivity contribution in [3.63, 3.8) is 0 Å². The van der Waals surface area contributed by atoms with Crippen LogP contribution in [0, 0.1) is 0 Å². The lowest BCUT2D eigenvalue weighted by molar-refractivity contribution is -0.117. The van der Waals surface area contributed by atoms with Crippen molar-refractivity contribution in [1.29, 1.82) is 0 Å². The number of urea groups is 1. The maximum atomic E-state index is 13.2. The number of sulfonamides is 1. The third-order valence-electron chi connectivity index (χ3n) is 5.94. The van der Waals surface area contributed by atoms with Crippen molar-refractivity contribution >= 4 is 79.6 Å². The van der Waals surface area contributed by atoms with E-state index in [0.29, 0.717) is 34.7 Å². The quantitative estimate of drug-likeness (QED) is 0.432. The summed E-state index contributed by atoms with van der Waals surface area (Å²) in [6.07, 6.45) is 0.0446. The Labute approximate surface area is 231 Å². The van der Waals surface area contributed by atoms with E-state index in [4.69, 9.17) is 23.2 Å². The molecule has 38 heavy (non-hydrogen) atoms. The molecule has 10 nitrogen and oxygen atoms in total. The lowest BCUT2D eigenvalue weighted by Crippen LogP contribution is -2.42. The molecule has 2 aliphatic rings. The van der Waals surface area contributed by atoms with Crippen LogP contribution in [0.4, 0.5) is 16.2 Å². The van der Waals surface area contributed by atoms with Gasteiger partial charge in [0.15, 0.2) is 0 Å². The molecule has 2 aliphatic heterocycles. The summed E-state index contributed by atoms with van der Waals surface area (Å²) in [6, 6.07) is 11.4. The summed E-state index contributed by atoms with van der Waals surface area (Å²) < 4.78 is 26.5. The van der Waals surface area contributed by atoms with Crippen molar-refractivity contribution in [3.8, 4) is 0 Å². The van der Waals surface area contributed by atoms with Gasteiger partial charge in [-0.2, -0.15) is 0 Å². The van der Waals surface area contributed by atoms with Crippen LogP contribution < -0.4 is 14.9 Å². The Balaban J connectivity index is 1.29. The number of nitrogens with one attached hydrogen (secondary N) is 2. The van der Waals surface area contributed by atoms with Crippen LogP contribution in [-0.2, 0) is 21.2 Å². The molecule has 0 radical (unpaired) electrons. The molecule has 0 atom stereocenters. The molecule has 0 aliphatic carbocycles. The van der Waals surface area contributed by atoms with E-state index in [1.807, 2.05) is 28.8 Å². The largest absolute Gasteiger partial charge is 0.358 e. The van der Waals surface area contributed by atoms with Gasteiger partial charge in [-0.3, -0.25) is 14.6 Å². The number of benzene rings is 2. The predicted molar refractivity (Wildman–Crippen MR) is 146 cm³/mol. The van der Waals surface area contributed by atoms with E-state index in [0.717, 1.165) is 28.9 Å². The van der Waals surface area contributed by atoms with Gasteiger partial charge < -0.3 is 10.2 Å². The number of likely N-dealkylation sites (N-methyl/N-ethyl adjacent to an activating group) is 1. The zero-order valence-corrected chi connectivity index (χ0v) is 22.8. The fraction of sp³-hybridized carbons (Fsp3) is 0.167. The van der Waals surface area contributed by atoms with Gasteiger partial charge in [0.1, 0.15) is 14.4 Å². The molecule has 3 heterocycles. The molecule has 0 fully saturated rings. The van der Waals surface area contributed by atoms with Gasteiger partial charge in [-0.05, 0) is 48.0 Å². The molecule has 196 valence electrons. The number of anilines is 2. The molecule has 2 aromatic carbocycles. The van der Waals surface area contributed by atoms with Crippen LogP contribution in [0.15, 0.2) is 57.7 Å². The fourth-order valence-electron chi connectivity index (χ4n) is 4.15. The Morgan fingerprint density at radius 2 is 1.82 bits per heavy atom. The molecule has 2 N–H and O–H groups in total. The van der Waals surface area contributed by atoms with Crippen molar-refractivity contribution in [2.24, 2.45) is 4.99 Å². The SMILES string of the molecule is CN1CCN=C1c1ccc2c(c1)CC(=O)N(c1ccc(NC(=O)NS(=O)(=O)c3cc(Cl)c(Cl)s3)cc1)C2=O. The first-order valence-electron chi connectivity index (χ1n) is 11.2. The Hall–Kier alpha value is -3.45. The molecular formula is C24H19Cl2N5O5S2. The van der Waals surface area contributed by atoms with Crippen molar-refractivity contribution in [2.45, 2.75) is 10.6 Å². The normalized spacial score (nSPS) is 15.4. The first kappa shape index (κ1) is 26.2. The first-order chi connectivity index (χ1) is 18.0. The summed E-state index contributed by atoms with van der Waals surface area (Å²) in [6.45, 7) is 1.52. The molecule has 0 unspecified atom stereocenters. The molecule has 0 bridgehead atoms. The highest BCUT2D eigenvalue weighted by Gasteiger charge is 2.33. The maximum absolute atomic E-state index is 13.2. The average molecular weight is 592 g/mol. The number of hydrogen-bond acceptors (Lipinski definition) is 8. The second kappa shape index (κ2) is 10.0. The summed E-state index contributed by atoms with van der Waals surface area (Å²) in [5.74, 6) is -0.0143. The molecule has 0 spiro atoms. The highest BCUT2D eigenvalue weighted by atomic mass is 35.5. The van der Waals surface area contributed by atoms with Crippen molar-refractivity contribution in [2.75, 3.05) is 30.4 Å². The van der Waals surface area contributed by atoms with Gasteiger partial charge in [0.05, 0.1) is 23.7 Å². The maximum Gasteiger partial charge on any atom is 0.333 e. The van der Waals surface area contributed by atoms with Gasteiger partial charge in [0.2, 0.25) is 5.91 Å².